The molecular formula is C28H24Br2O5. The van der Waals surface area contributed by atoms with Gasteiger partial charge in [0.2, 0.25) is 0 Å². The molecule has 0 aliphatic heterocycles. The van der Waals surface area contributed by atoms with Crippen LogP contribution in [-0.4, -0.2) is 18.4 Å². The number of ketones is 1. The Labute approximate surface area is 222 Å². The molecule has 0 saturated carbocycles. The second kappa shape index (κ2) is 11.6. The smallest absolute Gasteiger partial charge is 0.308 e. The molecule has 3 aromatic rings. The standard InChI is InChI=1S/C28H24Br2O5/c1-6-10-33-25-15-22(27(32)19-9-7-8-17(4)11-19)26(14-21(25)16(2)3)35-28-23(29)12-20(13-24(28)30)34-18(5)31/h1,7-9,11-16H,10H2,2-5H3. The molecule has 0 bridgehead atoms. The number of halogens is 2. The molecule has 0 spiro atoms. The number of hydrogen-bond donors (Lipinski definition) is 0. The van der Waals surface area contributed by atoms with Crippen molar-refractivity contribution in [2.45, 2.75) is 33.6 Å². The fourth-order valence-corrected chi connectivity index (χ4v) is 4.75. The molecule has 35 heavy (non-hydrogen) atoms. The van der Waals surface area contributed by atoms with Gasteiger partial charge < -0.3 is 14.2 Å². The summed E-state index contributed by atoms with van der Waals surface area (Å²) in [6.45, 7) is 7.36. The molecule has 3 rings (SSSR count). The maximum absolute atomic E-state index is 13.6. The zero-order chi connectivity index (χ0) is 25.7. The Hall–Kier alpha value is -3.08. The van der Waals surface area contributed by atoms with Gasteiger partial charge in [-0.15, -0.1) is 6.42 Å². The van der Waals surface area contributed by atoms with Crippen molar-refractivity contribution in [3.8, 4) is 35.3 Å². The molecule has 0 aliphatic carbocycles. The number of ether oxygens (including phenoxy) is 3. The van der Waals surface area contributed by atoms with Gasteiger partial charge >= 0.3 is 5.97 Å². The zero-order valence-electron chi connectivity index (χ0n) is 19.8. The first kappa shape index (κ1) is 26.5. The van der Waals surface area contributed by atoms with Crippen molar-refractivity contribution in [3.05, 3.63) is 79.7 Å². The van der Waals surface area contributed by atoms with Crippen LogP contribution in [0.4, 0.5) is 0 Å². The van der Waals surface area contributed by atoms with Crippen molar-refractivity contribution in [2.24, 2.45) is 0 Å². The lowest BCUT2D eigenvalue weighted by Crippen LogP contribution is -2.08. The first-order valence-corrected chi connectivity index (χ1v) is 12.4. The number of terminal acetylenes is 1. The summed E-state index contributed by atoms with van der Waals surface area (Å²) < 4.78 is 18.3. The van der Waals surface area contributed by atoms with E-state index in [1.807, 2.05) is 39.0 Å². The summed E-state index contributed by atoms with van der Waals surface area (Å²) in [5.74, 6) is 3.55. The van der Waals surface area contributed by atoms with Crippen molar-refractivity contribution in [1.29, 1.82) is 0 Å². The molecule has 5 nitrogen and oxygen atoms in total. The second-order valence-corrected chi connectivity index (χ2v) is 9.85. The lowest BCUT2D eigenvalue weighted by Gasteiger charge is -2.19. The van der Waals surface area contributed by atoms with Gasteiger partial charge in [0, 0.05) is 18.1 Å². The van der Waals surface area contributed by atoms with Crippen molar-refractivity contribution in [3.63, 3.8) is 0 Å². The van der Waals surface area contributed by atoms with E-state index in [1.165, 1.54) is 6.92 Å². The highest BCUT2D eigenvalue weighted by Crippen LogP contribution is 2.43. The minimum Gasteiger partial charge on any atom is -0.481 e. The highest BCUT2D eigenvalue weighted by molar-refractivity contribution is 9.11. The molecule has 0 radical (unpaired) electrons. The molecule has 0 unspecified atom stereocenters. The van der Waals surface area contributed by atoms with Crippen molar-refractivity contribution in [2.75, 3.05) is 6.61 Å². The normalized spacial score (nSPS) is 10.6. The van der Waals surface area contributed by atoms with Crippen LogP contribution in [0.2, 0.25) is 0 Å². The summed E-state index contributed by atoms with van der Waals surface area (Å²) in [6.07, 6.45) is 5.41. The predicted octanol–water partition coefficient (Wildman–Crippen LogP) is 7.60. The molecule has 7 heteroatoms. The summed E-state index contributed by atoms with van der Waals surface area (Å²) in [4.78, 5) is 25.0. The molecule has 0 aromatic heterocycles. The number of rotatable bonds is 8. The van der Waals surface area contributed by atoms with E-state index < -0.39 is 5.97 Å². The summed E-state index contributed by atoms with van der Waals surface area (Å²) in [5, 5.41) is 0. The summed E-state index contributed by atoms with van der Waals surface area (Å²) in [5.41, 5.74) is 2.67. The number of carbonyl (C=O) groups is 2. The van der Waals surface area contributed by atoms with Gasteiger partial charge in [-0.3, -0.25) is 9.59 Å². The number of hydrogen-bond acceptors (Lipinski definition) is 5. The van der Waals surface area contributed by atoms with Gasteiger partial charge in [0.1, 0.15) is 23.9 Å². The SMILES string of the molecule is C#CCOc1cc(C(=O)c2cccc(C)c2)c(Oc2c(Br)cc(OC(C)=O)cc2Br)cc1C(C)C. The van der Waals surface area contributed by atoms with Gasteiger partial charge in [-0.25, -0.2) is 0 Å². The van der Waals surface area contributed by atoms with Gasteiger partial charge in [-0.2, -0.15) is 0 Å². The monoisotopic (exact) mass is 598 g/mol. The Morgan fingerprint density at radius 2 is 1.71 bits per heavy atom. The van der Waals surface area contributed by atoms with Crippen molar-refractivity contribution in [1.82, 2.24) is 0 Å². The third-order valence-electron chi connectivity index (χ3n) is 5.02. The fourth-order valence-electron chi connectivity index (χ4n) is 3.44. The lowest BCUT2D eigenvalue weighted by molar-refractivity contribution is -0.131. The van der Waals surface area contributed by atoms with Crippen molar-refractivity contribution < 1.29 is 23.8 Å². The van der Waals surface area contributed by atoms with Crippen LogP contribution in [0.1, 0.15) is 53.7 Å². The van der Waals surface area contributed by atoms with Gasteiger partial charge in [0.05, 0.1) is 14.5 Å². The third-order valence-corrected chi connectivity index (χ3v) is 6.19. The number of carbonyl (C=O) groups excluding carboxylic acids is 2. The molecule has 0 saturated heterocycles. The number of benzene rings is 3. The molecule has 0 heterocycles. The summed E-state index contributed by atoms with van der Waals surface area (Å²) in [6, 6.07) is 14.1. The molecular weight excluding hydrogens is 576 g/mol. The van der Waals surface area contributed by atoms with Crippen LogP contribution in [0.3, 0.4) is 0 Å². The molecule has 0 fully saturated rings. The Bertz CT molecular complexity index is 1300. The first-order chi connectivity index (χ1) is 16.6. The van der Waals surface area contributed by atoms with Crippen LogP contribution in [0.25, 0.3) is 0 Å². The molecule has 0 amide bonds. The fraction of sp³-hybridized carbons (Fsp3) is 0.214. The van der Waals surface area contributed by atoms with E-state index >= 15 is 0 Å². The first-order valence-electron chi connectivity index (χ1n) is 10.8. The molecule has 180 valence electrons. The zero-order valence-corrected chi connectivity index (χ0v) is 22.9. The van der Waals surface area contributed by atoms with Gasteiger partial charge in [0.15, 0.2) is 11.5 Å². The van der Waals surface area contributed by atoms with E-state index in [-0.39, 0.29) is 18.3 Å². The lowest BCUT2D eigenvalue weighted by atomic mass is 9.95. The Morgan fingerprint density at radius 3 is 2.29 bits per heavy atom. The molecule has 0 N–H and O–H groups in total. The highest BCUT2D eigenvalue weighted by Gasteiger charge is 2.23. The molecule has 0 atom stereocenters. The Kier molecular flexibility index (Phi) is 8.76. The van der Waals surface area contributed by atoms with Gasteiger partial charge in [0.25, 0.3) is 0 Å². The van der Waals surface area contributed by atoms with Crippen LogP contribution in [0.15, 0.2) is 57.5 Å². The summed E-state index contributed by atoms with van der Waals surface area (Å²) >= 11 is 6.96. The Balaban J connectivity index is 2.17. The third kappa shape index (κ3) is 6.53. The van der Waals surface area contributed by atoms with Crippen LogP contribution in [-0.2, 0) is 4.79 Å². The topological polar surface area (TPSA) is 61.8 Å². The maximum atomic E-state index is 13.6. The van der Waals surface area contributed by atoms with E-state index in [9.17, 15) is 9.59 Å². The number of esters is 1. The molecule has 3 aromatic carbocycles. The van der Waals surface area contributed by atoms with Gasteiger partial charge in [-0.1, -0.05) is 43.5 Å². The van der Waals surface area contributed by atoms with E-state index in [4.69, 9.17) is 20.6 Å². The number of aryl methyl sites for hydroxylation is 1. The average molecular weight is 600 g/mol. The predicted molar refractivity (Wildman–Crippen MR) is 143 cm³/mol. The van der Waals surface area contributed by atoms with E-state index in [0.717, 1.165) is 11.1 Å². The van der Waals surface area contributed by atoms with E-state index in [2.05, 4.69) is 37.8 Å². The minimum absolute atomic E-state index is 0.0754. The minimum atomic E-state index is -0.437. The Morgan fingerprint density at radius 1 is 1.03 bits per heavy atom. The van der Waals surface area contributed by atoms with Crippen LogP contribution < -0.4 is 14.2 Å². The maximum Gasteiger partial charge on any atom is 0.308 e. The second-order valence-electron chi connectivity index (χ2n) is 8.14. The van der Waals surface area contributed by atoms with Crippen LogP contribution in [0.5, 0.6) is 23.0 Å². The van der Waals surface area contributed by atoms with E-state index in [0.29, 0.717) is 43.1 Å². The summed E-state index contributed by atoms with van der Waals surface area (Å²) in [7, 11) is 0. The highest BCUT2D eigenvalue weighted by atomic mass is 79.9. The molecule has 0 aliphatic rings. The van der Waals surface area contributed by atoms with Crippen LogP contribution >= 0.6 is 31.9 Å². The van der Waals surface area contributed by atoms with E-state index in [1.54, 1.807) is 30.3 Å². The van der Waals surface area contributed by atoms with Crippen molar-refractivity contribution >= 4 is 43.6 Å². The largest absolute Gasteiger partial charge is 0.481 e. The van der Waals surface area contributed by atoms with Gasteiger partial charge in [-0.05, 0) is 75.0 Å². The van der Waals surface area contributed by atoms with Crippen LogP contribution in [0, 0.1) is 19.3 Å². The average Bonchev–Trinajstić information content (AvgIpc) is 2.79. The quantitative estimate of drug-likeness (QED) is 0.115.